The van der Waals surface area contributed by atoms with Crippen molar-refractivity contribution in [1.29, 1.82) is 0 Å². The van der Waals surface area contributed by atoms with Gasteiger partial charge in [0.15, 0.2) is 0 Å². The number of nitrogens with zero attached hydrogens (tertiary/aromatic N) is 1. The van der Waals surface area contributed by atoms with Gasteiger partial charge in [-0.3, -0.25) is 19.2 Å². The third-order valence-electron chi connectivity index (χ3n) is 3.67. The normalized spacial score (nSPS) is 9.94. The van der Waals surface area contributed by atoms with Gasteiger partial charge in [0.25, 0.3) is 5.91 Å². The molecule has 0 atom stereocenters. The van der Waals surface area contributed by atoms with Gasteiger partial charge in [-0.25, -0.2) is 4.79 Å². The number of esters is 2. The zero-order valence-electron chi connectivity index (χ0n) is 16.8. The van der Waals surface area contributed by atoms with Crippen LogP contribution in [0.5, 0.6) is 0 Å². The molecule has 0 aliphatic rings. The highest BCUT2D eigenvalue weighted by atomic mass is 127. The van der Waals surface area contributed by atoms with Gasteiger partial charge < -0.3 is 41.9 Å². The molecule has 2 amide bonds. The second-order valence-corrected chi connectivity index (χ2v) is 8.90. The number of hydrogen-bond donors (Lipinski definition) is 2. The number of hydrogen-bond acceptors (Lipinski definition) is 8. The molecule has 32 heavy (non-hydrogen) atoms. The molecule has 0 saturated heterocycles. The van der Waals surface area contributed by atoms with Gasteiger partial charge in [-0.05, 0) is 67.8 Å². The van der Waals surface area contributed by atoms with Crippen LogP contribution in [0, 0.1) is 10.7 Å². The highest BCUT2D eigenvalue weighted by molar-refractivity contribution is 14.1. The summed E-state index contributed by atoms with van der Waals surface area (Å²) in [7, 11) is 3.56. The van der Waals surface area contributed by atoms with Crippen molar-refractivity contribution in [2.45, 2.75) is 0 Å². The van der Waals surface area contributed by atoms with E-state index in [1.165, 1.54) is 7.11 Å². The smallest absolute Gasteiger partial charge is 0.337 e. The van der Waals surface area contributed by atoms with Crippen LogP contribution in [0.3, 0.4) is 0 Å². The minimum absolute atomic E-state index is 0. The summed E-state index contributed by atoms with van der Waals surface area (Å²) in [6.45, 7) is -1.44. The topological polar surface area (TPSA) is 149 Å². The Morgan fingerprint density at radius 3 is 1.75 bits per heavy atom. The Bertz CT molecular complexity index is 909. The van der Waals surface area contributed by atoms with Crippen LogP contribution in [0.25, 0.3) is 0 Å². The van der Waals surface area contributed by atoms with E-state index in [9.17, 15) is 29.1 Å². The van der Waals surface area contributed by atoms with Crippen LogP contribution in [0.1, 0.15) is 20.7 Å². The molecule has 0 aromatic heterocycles. The predicted octanol–water partition coefficient (Wildman–Crippen LogP) is -1.42. The number of methoxy groups -OCH3 is 3. The van der Waals surface area contributed by atoms with E-state index in [-0.39, 0.29) is 46.5 Å². The van der Waals surface area contributed by atoms with Gasteiger partial charge in [-0.2, -0.15) is 0 Å². The number of carboxylic acid groups (broad SMARTS) is 1. The van der Waals surface area contributed by atoms with Gasteiger partial charge >= 0.3 is 17.9 Å². The Kier molecular flexibility index (Phi) is 13.9. The fourth-order valence-corrected chi connectivity index (χ4v) is 6.61. The molecule has 11 nitrogen and oxygen atoms in total. The van der Waals surface area contributed by atoms with Crippen LogP contribution < -0.4 is 17.7 Å². The van der Waals surface area contributed by atoms with Crippen LogP contribution in [-0.4, -0.2) is 80.8 Å². The largest absolute Gasteiger partial charge is 1.00 e. The highest BCUT2D eigenvalue weighted by Gasteiger charge is 2.32. The van der Waals surface area contributed by atoms with E-state index in [2.05, 4.69) is 14.8 Å². The Balaban J connectivity index is 0.00000961. The summed E-state index contributed by atoms with van der Waals surface area (Å²) < 4.78 is 14.4. The van der Waals surface area contributed by atoms with Crippen LogP contribution in [0.15, 0.2) is 0 Å². The monoisotopic (exact) mass is 809 g/mol. The minimum atomic E-state index is -1.33. The number of rotatable bonds is 9. The molecule has 0 unspecified atom stereocenters. The molecule has 1 rings (SSSR count). The van der Waals surface area contributed by atoms with Crippen molar-refractivity contribution < 1.29 is 55.7 Å². The van der Waals surface area contributed by atoms with Crippen molar-refractivity contribution in [2.75, 3.05) is 46.3 Å². The standard InChI is InChI=1S/C17H17I3N2O9.ClH/c1-29-6-7(23)21-15-13(19)10(12(18)11(14(15)20)17(27)28)16(26)22(4-8(24)30-2)5-9(25)31-3;/h4-6H2,1-3H3,(H,21,23)(H,27,28);1H/p-1. The molecule has 0 fully saturated rings. The lowest BCUT2D eigenvalue weighted by Crippen LogP contribution is -3.00. The minimum Gasteiger partial charge on any atom is -1.00 e. The molecule has 2 N–H and O–H groups in total. The highest BCUT2D eigenvalue weighted by Crippen LogP contribution is 2.36. The second kappa shape index (κ2) is 14.3. The first-order chi connectivity index (χ1) is 14.5. The number of ether oxygens (including phenoxy) is 3. The van der Waals surface area contributed by atoms with E-state index >= 15 is 0 Å². The summed E-state index contributed by atoms with van der Waals surface area (Å²) in [5, 5.41) is 12.2. The van der Waals surface area contributed by atoms with Crippen LogP contribution in [-0.2, 0) is 28.6 Å². The number of amides is 2. The summed E-state index contributed by atoms with van der Waals surface area (Å²) in [4.78, 5) is 61.7. The maximum Gasteiger partial charge on any atom is 0.337 e. The van der Waals surface area contributed by atoms with Gasteiger partial charge in [0.1, 0.15) is 19.7 Å². The van der Waals surface area contributed by atoms with Crippen molar-refractivity contribution in [3.8, 4) is 0 Å². The second-order valence-electron chi connectivity index (χ2n) is 5.67. The van der Waals surface area contributed by atoms with Gasteiger partial charge in [-0.1, -0.05) is 0 Å². The van der Waals surface area contributed by atoms with Gasteiger partial charge in [0, 0.05) is 10.7 Å². The fourth-order valence-electron chi connectivity index (χ4n) is 2.25. The third-order valence-corrected chi connectivity index (χ3v) is 6.90. The molecule has 0 bridgehead atoms. The average Bonchev–Trinajstić information content (AvgIpc) is 2.70. The van der Waals surface area contributed by atoms with Crippen molar-refractivity contribution in [1.82, 2.24) is 4.90 Å². The van der Waals surface area contributed by atoms with Crippen molar-refractivity contribution in [2.24, 2.45) is 0 Å². The quantitative estimate of drug-likeness (QED) is 0.227. The molecule has 0 aliphatic carbocycles. The molecular formula is C17H17ClI3N2O9-. The van der Waals surface area contributed by atoms with Gasteiger partial charge in [0.05, 0.1) is 38.2 Å². The van der Waals surface area contributed by atoms with Crippen molar-refractivity contribution in [3.05, 3.63) is 21.8 Å². The third kappa shape index (κ3) is 7.80. The molecule has 0 aliphatic heterocycles. The van der Waals surface area contributed by atoms with Gasteiger partial charge in [0.2, 0.25) is 5.91 Å². The van der Waals surface area contributed by atoms with E-state index in [0.717, 1.165) is 19.1 Å². The zero-order chi connectivity index (χ0) is 23.9. The number of carbonyl (C=O) groups is 5. The Hall–Kier alpha value is -0.990. The van der Waals surface area contributed by atoms with E-state index in [1.807, 2.05) is 0 Å². The predicted molar refractivity (Wildman–Crippen MR) is 132 cm³/mol. The molecular weight excluding hydrogens is 792 g/mol. The maximum atomic E-state index is 13.3. The summed E-state index contributed by atoms with van der Waals surface area (Å²) in [6, 6.07) is 0. The Morgan fingerprint density at radius 2 is 1.34 bits per heavy atom. The van der Waals surface area contributed by atoms with Crippen LogP contribution in [0.4, 0.5) is 5.69 Å². The lowest BCUT2D eigenvalue weighted by atomic mass is 10.1. The molecule has 1 aromatic carbocycles. The van der Waals surface area contributed by atoms with Gasteiger partial charge in [-0.15, -0.1) is 0 Å². The molecule has 0 saturated carbocycles. The summed E-state index contributed by atoms with van der Waals surface area (Å²) >= 11 is 5.25. The average molecular weight is 809 g/mol. The van der Waals surface area contributed by atoms with Crippen molar-refractivity contribution >= 4 is 103 Å². The number of carboxylic acids is 1. The molecule has 178 valence electrons. The van der Waals surface area contributed by atoms with Crippen LogP contribution >= 0.6 is 67.8 Å². The number of halogens is 4. The lowest BCUT2D eigenvalue weighted by molar-refractivity contribution is -0.144. The number of benzene rings is 1. The molecule has 0 heterocycles. The zero-order valence-corrected chi connectivity index (χ0v) is 24.0. The summed E-state index contributed by atoms with van der Waals surface area (Å²) in [5.41, 5.74) is -0.214. The first-order valence-corrected chi connectivity index (χ1v) is 11.4. The first kappa shape index (κ1) is 31.0. The number of anilines is 1. The fraction of sp³-hybridized carbons (Fsp3) is 0.353. The molecule has 1 aromatic rings. The SMILES string of the molecule is COCC(=O)Nc1c(I)c(C(=O)O)c(I)c(C(=O)N(CC(=O)OC)CC(=O)OC)c1I.[Cl-]. The van der Waals surface area contributed by atoms with E-state index < -0.39 is 42.8 Å². The number of aromatic carboxylic acids is 1. The molecule has 0 spiro atoms. The van der Waals surface area contributed by atoms with Crippen LogP contribution in [0.2, 0.25) is 0 Å². The number of nitrogens with one attached hydrogen (secondary N) is 1. The molecule has 0 radical (unpaired) electrons. The molecule has 15 heteroatoms. The summed E-state index contributed by atoms with van der Waals surface area (Å²) in [5.74, 6) is -4.28. The maximum absolute atomic E-state index is 13.3. The Labute approximate surface area is 230 Å². The number of carbonyl (C=O) groups excluding carboxylic acids is 4. The lowest BCUT2D eigenvalue weighted by Gasteiger charge is -2.24. The first-order valence-electron chi connectivity index (χ1n) is 8.15. The summed E-state index contributed by atoms with van der Waals surface area (Å²) in [6.07, 6.45) is 0. The van der Waals surface area contributed by atoms with E-state index in [0.29, 0.717) is 0 Å². The van der Waals surface area contributed by atoms with Crippen molar-refractivity contribution in [3.63, 3.8) is 0 Å². The van der Waals surface area contributed by atoms with E-state index in [1.54, 1.807) is 67.8 Å². The Morgan fingerprint density at radius 1 is 0.875 bits per heavy atom. The van der Waals surface area contributed by atoms with E-state index in [4.69, 9.17) is 4.74 Å².